The molecular formula is C21H19ClN2O2. The van der Waals surface area contributed by atoms with Crippen molar-refractivity contribution in [2.24, 2.45) is 5.92 Å². The molecule has 0 saturated carbocycles. The van der Waals surface area contributed by atoms with Crippen LogP contribution < -0.4 is 4.90 Å². The molecule has 2 aromatic carbocycles. The number of aromatic nitrogens is 1. The Kier molecular flexibility index (Phi) is 4.51. The first-order valence-corrected chi connectivity index (χ1v) is 9.12. The van der Waals surface area contributed by atoms with Crippen molar-refractivity contribution in [3.63, 3.8) is 0 Å². The molecule has 1 N–H and O–H groups in total. The third-order valence-corrected chi connectivity index (χ3v) is 5.24. The third kappa shape index (κ3) is 3.37. The summed E-state index contributed by atoms with van der Waals surface area (Å²) in [5.74, 6) is -0.00605. The van der Waals surface area contributed by atoms with Crippen LogP contribution in [-0.4, -0.2) is 29.1 Å². The molecule has 0 amide bonds. The van der Waals surface area contributed by atoms with Crippen molar-refractivity contribution >= 4 is 34.3 Å². The third-order valence-electron chi connectivity index (χ3n) is 5.00. The fourth-order valence-electron chi connectivity index (χ4n) is 3.49. The van der Waals surface area contributed by atoms with Gasteiger partial charge in [0.05, 0.1) is 11.4 Å². The summed E-state index contributed by atoms with van der Waals surface area (Å²) >= 11 is 6.09. The van der Waals surface area contributed by atoms with E-state index in [1.807, 2.05) is 36.4 Å². The first kappa shape index (κ1) is 16.9. The summed E-state index contributed by atoms with van der Waals surface area (Å²) in [5, 5.41) is 10.9. The van der Waals surface area contributed by atoms with Crippen molar-refractivity contribution in [3.05, 3.63) is 59.6 Å². The molecule has 0 spiro atoms. The second-order valence-electron chi connectivity index (χ2n) is 6.69. The number of carbonyl (C=O) groups is 1. The summed E-state index contributed by atoms with van der Waals surface area (Å²) in [6, 6.07) is 18.1. The molecule has 0 atom stereocenters. The minimum absolute atomic E-state index is 0.230. The van der Waals surface area contributed by atoms with Crippen LogP contribution in [0, 0.1) is 5.92 Å². The van der Waals surface area contributed by atoms with E-state index in [1.54, 1.807) is 0 Å². The van der Waals surface area contributed by atoms with Crippen molar-refractivity contribution < 1.29 is 9.90 Å². The van der Waals surface area contributed by atoms with Crippen LogP contribution >= 0.6 is 11.6 Å². The lowest BCUT2D eigenvalue weighted by Gasteiger charge is -2.31. The molecule has 3 aromatic rings. The van der Waals surface area contributed by atoms with Gasteiger partial charge in [-0.1, -0.05) is 29.8 Å². The predicted octanol–water partition coefficient (Wildman–Crippen LogP) is 4.86. The highest BCUT2D eigenvalue weighted by Gasteiger charge is 2.25. The normalized spacial score (nSPS) is 15.3. The number of benzene rings is 2. The monoisotopic (exact) mass is 366 g/mol. The van der Waals surface area contributed by atoms with Gasteiger partial charge in [-0.25, -0.2) is 4.98 Å². The topological polar surface area (TPSA) is 53.4 Å². The zero-order chi connectivity index (χ0) is 18.1. The number of pyridine rings is 1. The summed E-state index contributed by atoms with van der Waals surface area (Å²) < 4.78 is 0. The van der Waals surface area contributed by atoms with Crippen LogP contribution in [0.2, 0.25) is 5.02 Å². The smallest absolute Gasteiger partial charge is 0.306 e. The van der Waals surface area contributed by atoms with Crippen LogP contribution in [0.15, 0.2) is 54.6 Å². The lowest BCUT2D eigenvalue weighted by atomic mass is 9.97. The van der Waals surface area contributed by atoms with E-state index in [0.29, 0.717) is 12.8 Å². The van der Waals surface area contributed by atoms with E-state index < -0.39 is 5.97 Å². The van der Waals surface area contributed by atoms with Gasteiger partial charge in [0.2, 0.25) is 0 Å². The van der Waals surface area contributed by atoms with E-state index in [9.17, 15) is 4.79 Å². The van der Waals surface area contributed by atoms with E-state index in [2.05, 4.69) is 23.1 Å². The summed E-state index contributed by atoms with van der Waals surface area (Å²) in [4.78, 5) is 18.0. The van der Waals surface area contributed by atoms with E-state index in [-0.39, 0.29) is 5.92 Å². The maximum absolute atomic E-state index is 11.1. The van der Waals surface area contributed by atoms with Gasteiger partial charge in [0.15, 0.2) is 0 Å². The molecule has 0 bridgehead atoms. The van der Waals surface area contributed by atoms with Gasteiger partial charge in [0.1, 0.15) is 5.82 Å². The molecule has 0 radical (unpaired) electrons. The van der Waals surface area contributed by atoms with Crippen molar-refractivity contribution in [2.45, 2.75) is 12.8 Å². The highest BCUT2D eigenvalue weighted by Crippen LogP contribution is 2.28. The summed E-state index contributed by atoms with van der Waals surface area (Å²) in [6.45, 7) is 1.46. The molecule has 2 heterocycles. The van der Waals surface area contributed by atoms with Crippen LogP contribution in [0.1, 0.15) is 12.8 Å². The average molecular weight is 367 g/mol. The van der Waals surface area contributed by atoms with Gasteiger partial charge in [-0.05, 0) is 60.4 Å². The lowest BCUT2D eigenvalue weighted by Crippen LogP contribution is -2.36. The number of aliphatic carboxylic acids is 1. The number of hydrogen-bond donors (Lipinski definition) is 1. The molecule has 1 aromatic heterocycles. The molecule has 1 aliphatic heterocycles. The molecule has 4 rings (SSSR count). The van der Waals surface area contributed by atoms with E-state index >= 15 is 0 Å². The molecule has 1 aliphatic rings. The van der Waals surface area contributed by atoms with Crippen molar-refractivity contribution in [1.82, 2.24) is 4.98 Å². The summed E-state index contributed by atoms with van der Waals surface area (Å²) in [6.07, 6.45) is 1.34. The Morgan fingerprint density at radius 2 is 1.81 bits per heavy atom. The number of hydrogen-bond acceptors (Lipinski definition) is 3. The zero-order valence-corrected chi connectivity index (χ0v) is 15.0. The lowest BCUT2D eigenvalue weighted by molar-refractivity contribution is -0.142. The maximum Gasteiger partial charge on any atom is 0.306 e. The van der Waals surface area contributed by atoms with Crippen LogP contribution in [0.3, 0.4) is 0 Å². The minimum atomic E-state index is -0.690. The molecule has 132 valence electrons. The Labute approximate surface area is 157 Å². The summed E-state index contributed by atoms with van der Waals surface area (Å²) in [7, 11) is 0. The SMILES string of the molecule is O=C(O)C1CCN(c2ccc3cc(-c4cccc(Cl)c4)ccc3n2)CC1. The van der Waals surface area contributed by atoms with E-state index in [1.165, 1.54) is 0 Å². The number of halogens is 1. The number of carboxylic acids is 1. The highest BCUT2D eigenvalue weighted by molar-refractivity contribution is 6.30. The standard InChI is InChI=1S/C21H19ClN2O2/c22-18-3-1-2-15(13-18)16-4-6-19-17(12-16)5-7-20(23-19)24-10-8-14(9-11-24)21(25)26/h1-7,12-14H,8-11H2,(H,25,26). The largest absolute Gasteiger partial charge is 0.481 e. The maximum atomic E-state index is 11.1. The first-order chi connectivity index (χ1) is 12.6. The minimum Gasteiger partial charge on any atom is -0.481 e. The average Bonchev–Trinajstić information content (AvgIpc) is 2.67. The molecule has 26 heavy (non-hydrogen) atoms. The van der Waals surface area contributed by atoms with Crippen LogP contribution in [0.25, 0.3) is 22.0 Å². The molecule has 0 aliphatic carbocycles. The Morgan fingerprint density at radius 3 is 2.54 bits per heavy atom. The molecule has 5 heteroatoms. The molecule has 1 fully saturated rings. The van der Waals surface area contributed by atoms with Crippen LogP contribution in [-0.2, 0) is 4.79 Å². The highest BCUT2D eigenvalue weighted by atomic mass is 35.5. The molecule has 4 nitrogen and oxygen atoms in total. The van der Waals surface area contributed by atoms with Crippen molar-refractivity contribution in [2.75, 3.05) is 18.0 Å². The number of fused-ring (bicyclic) bond motifs is 1. The van der Waals surface area contributed by atoms with Gasteiger partial charge in [-0.2, -0.15) is 0 Å². The Balaban J connectivity index is 1.59. The Morgan fingerprint density at radius 1 is 1.04 bits per heavy atom. The molecule has 1 saturated heterocycles. The fraction of sp³-hybridized carbons (Fsp3) is 0.238. The first-order valence-electron chi connectivity index (χ1n) is 8.75. The number of rotatable bonds is 3. The second-order valence-corrected chi connectivity index (χ2v) is 7.12. The van der Waals surface area contributed by atoms with E-state index in [4.69, 9.17) is 21.7 Å². The van der Waals surface area contributed by atoms with Crippen LogP contribution in [0.5, 0.6) is 0 Å². The van der Waals surface area contributed by atoms with Gasteiger partial charge in [-0.15, -0.1) is 0 Å². The molecule has 0 unspecified atom stereocenters. The quantitative estimate of drug-likeness (QED) is 0.719. The fourth-order valence-corrected chi connectivity index (χ4v) is 3.68. The second kappa shape index (κ2) is 6.96. The van der Waals surface area contributed by atoms with E-state index in [0.717, 1.165) is 46.0 Å². The van der Waals surface area contributed by atoms with Gasteiger partial charge in [0.25, 0.3) is 0 Å². The van der Waals surface area contributed by atoms with Gasteiger partial charge in [-0.3, -0.25) is 4.79 Å². The molecular weight excluding hydrogens is 348 g/mol. The number of nitrogens with zero attached hydrogens (tertiary/aromatic N) is 2. The zero-order valence-electron chi connectivity index (χ0n) is 14.2. The van der Waals surface area contributed by atoms with Gasteiger partial charge < -0.3 is 10.0 Å². The van der Waals surface area contributed by atoms with Crippen molar-refractivity contribution in [1.29, 1.82) is 0 Å². The number of piperidine rings is 1. The van der Waals surface area contributed by atoms with Crippen LogP contribution in [0.4, 0.5) is 5.82 Å². The van der Waals surface area contributed by atoms with Gasteiger partial charge >= 0.3 is 5.97 Å². The number of anilines is 1. The number of carboxylic acid groups (broad SMARTS) is 1. The van der Waals surface area contributed by atoms with Gasteiger partial charge in [0, 0.05) is 23.5 Å². The van der Waals surface area contributed by atoms with Crippen molar-refractivity contribution in [3.8, 4) is 11.1 Å². The predicted molar refractivity (Wildman–Crippen MR) is 105 cm³/mol. The Hall–Kier alpha value is -2.59. The summed E-state index contributed by atoms with van der Waals surface area (Å²) in [5.41, 5.74) is 3.13. The Bertz CT molecular complexity index is 965.